The first-order chi connectivity index (χ1) is 5.15. The lowest BCUT2D eigenvalue weighted by Gasteiger charge is -2.28. The van der Waals surface area contributed by atoms with Gasteiger partial charge in [0.2, 0.25) is 0 Å². The standard InChI is InChI=1S/C9H16N2/c1-6-5-7(2)11-8(3)9(6)10-4/h8-11H,1-4H3. The Hall–Kier alpha value is -0.720. The van der Waals surface area contributed by atoms with Crippen LogP contribution in [0.15, 0.2) is 17.0 Å². The zero-order chi connectivity index (χ0) is 8.43. The minimum atomic E-state index is 0.429. The molecule has 2 heteroatoms. The second-order valence-electron chi connectivity index (χ2n) is 3.13. The molecule has 0 saturated carbocycles. The molecule has 1 rings (SSSR count). The molecule has 0 aromatic heterocycles. The highest BCUT2D eigenvalue weighted by atomic mass is 15.0. The number of nitrogens with one attached hydrogen (secondary N) is 2. The summed E-state index contributed by atoms with van der Waals surface area (Å²) in [5, 5.41) is 6.58. The molecule has 0 saturated heterocycles. The summed E-state index contributed by atoms with van der Waals surface area (Å²) in [7, 11) is 1.98. The van der Waals surface area contributed by atoms with Crippen LogP contribution in [0.4, 0.5) is 0 Å². The predicted octanol–water partition coefficient (Wildman–Crippen LogP) is 1.02. The lowest BCUT2D eigenvalue weighted by molar-refractivity contribution is 0.469. The normalized spacial score (nSPS) is 30.5. The maximum absolute atomic E-state index is 3.33. The molecular formula is C9H16N2. The van der Waals surface area contributed by atoms with Gasteiger partial charge < -0.3 is 10.6 Å². The van der Waals surface area contributed by atoms with E-state index in [1.165, 1.54) is 5.57 Å². The van der Waals surface area contributed by atoms with E-state index >= 15 is 0 Å². The van der Waals surface area contributed by atoms with Crippen LogP contribution in [0.2, 0.25) is 0 Å². The smallest absolute Gasteiger partial charge is 0.0552 e. The summed E-state index contributed by atoms with van der Waals surface area (Å²) < 4.78 is 0. The van der Waals surface area contributed by atoms with Crippen molar-refractivity contribution >= 4 is 0 Å². The zero-order valence-electron chi connectivity index (χ0n) is 7.65. The second kappa shape index (κ2) is 3.12. The van der Waals surface area contributed by atoms with E-state index in [1.807, 2.05) is 14.0 Å². The number of likely N-dealkylation sites (N-methyl/N-ethyl adjacent to an activating group) is 1. The van der Waals surface area contributed by atoms with Gasteiger partial charge in [-0.3, -0.25) is 0 Å². The third-order valence-electron chi connectivity index (χ3n) is 2.11. The van der Waals surface area contributed by atoms with Crippen molar-refractivity contribution in [3.8, 4) is 0 Å². The van der Waals surface area contributed by atoms with Gasteiger partial charge in [-0.05, 0) is 33.4 Å². The third-order valence-corrected chi connectivity index (χ3v) is 2.11. The number of rotatable bonds is 1. The fraction of sp³-hybridized carbons (Fsp3) is 0.667. The molecule has 2 N–H and O–H groups in total. The molecule has 0 aromatic carbocycles. The van der Waals surface area contributed by atoms with Crippen LogP contribution in [0, 0.1) is 0 Å². The highest BCUT2D eigenvalue weighted by molar-refractivity contribution is 5.18. The maximum Gasteiger partial charge on any atom is 0.0552 e. The number of hydrogen-bond donors (Lipinski definition) is 2. The van der Waals surface area contributed by atoms with Crippen molar-refractivity contribution in [2.24, 2.45) is 0 Å². The Morgan fingerprint density at radius 1 is 1.45 bits per heavy atom. The van der Waals surface area contributed by atoms with Gasteiger partial charge in [0.05, 0.1) is 11.7 Å². The number of hydrogen-bond acceptors (Lipinski definition) is 2. The summed E-state index contributed by atoms with van der Waals surface area (Å²) in [4.78, 5) is 0. The van der Waals surface area contributed by atoms with E-state index in [2.05, 4.69) is 30.2 Å². The molecule has 1 aliphatic rings. The van der Waals surface area contributed by atoms with Crippen LogP contribution >= 0.6 is 0 Å². The van der Waals surface area contributed by atoms with Crippen molar-refractivity contribution in [3.05, 3.63) is 17.0 Å². The molecule has 1 heterocycles. The molecule has 2 atom stereocenters. The van der Waals surface area contributed by atoms with Crippen LogP contribution in [0.1, 0.15) is 20.8 Å². The van der Waals surface area contributed by atoms with Crippen LogP contribution in [0.5, 0.6) is 0 Å². The predicted molar refractivity (Wildman–Crippen MR) is 47.3 cm³/mol. The van der Waals surface area contributed by atoms with Crippen molar-refractivity contribution in [1.29, 1.82) is 0 Å². The second-order valence-corrected chi connectivity index (χ2v) is 3.13. The van der Waals surface area contributed by atoms with Crippen molar-refractivity contribution in [2.45, 2.75) is 32.9 Å². The van der Waals surface area contributed by atoms with Gasteiger partial charge in [0.1, 0.15) is 0 Å². The average Bonchev–Trinajstić information content (AvgIpc) is 1.85. The first kappa shape index (κ1) is 8.38. The Balaban J connectivity index is 2.89. The molecule has 11 heavy (non-hydrogen) atoms. The lowest BCUT2D eigenvalue weighted by Crippen LogP contribution is -2.46. The van der Waals surface area contributed by atoms with Crippen molar-refractivity contribution in [2.75, 3.05) is 7.05 Å². The van der Waals surface area contributed by atoms with Crippen LogP contribution in [0.25, 0.3) is 0 Å². The Morgan fingerprint density at radius 3 is 2.55 bits per heavy atom. The van der Waals surface area contributed by atoms with Gasteiger partial charge in [-0.15, -0.1) is 0 Å². The van der Waals surface area contributed by atoms with E-state index in [0.29, 0.717) is 12.1 Å². The fourth-order valence-electron chi connectivity index (χ4n) is 1.68. The molecule has 0 spiro atoms. The first-order valence-corrected chi connectivity index (χ1v) is 4.03. The highest BCUT2D eigenvalue weighted by Crippen LogP contribution is 2.10. The Kier molecular flexibility index (Phi) is 2.38. The average molecular weight is 152 g/mol. The lowest BCUT2D eigenvalue weighted by atomic mass is 9.99. The van der Waals surface area contributed by atoms with Gasteiger partial charge in [0.15, 0.2) is 0 Å². The molecule has 0 radical (unpaired) electrons. The van der Waals surface area contributed by atoms with Crippen LogP contribution in [-0.4, -0.2) is 19.1 Å². The molecule has 0 aliphatic carbocycles. The summed E-state index contributed by atoms with van der Waals surface area (Å²) in [6, 6.07) is 0.903. The van der Waals surface area contributed by atoms with E-state index < -0.39 is 0 Å². The molecule has 2 nitrogen and oxygen atoms in total. The molecule has 62 valence electrons. The van der Waals surface area contributed by atoms with Crippen LogP contribution < -0.4 is 10.6 Å². The SMILES string of the molecule is CNC1C(C)=C=C(C)NC1C. The van der Waals surface area contributed by atoms with E-state index in [4.69, 9.17) is 0 Å². The Morgan fingerprint density at radius 2 is 2.09 bits per heavy atom. The Labute approximate surface area is 68.4 Å². The molecule has 0 aromatic rings. The summed E-state index contributed by atoms with van der Waals surface area (Å²) in [6.07, 6.45) is 0. The van der Waals surface area contributed by atoms with E-state index in [0.717, 1.165) is 5.70 Å². The first-order valence-electron chi connectivity index (χ1n) is 4.03. The highest BCUT2D eigenvalue weighted by Gasteiger charge is 2.19. The summed E-state index contributed by atoms with van der Waals surface area (Å²) in [5.74, 6) is 0. The quantitative estimate of drug-likeness (QED) is 0.548. The maximum atomic E-state index is 3.33. The van der Waals surface area contributed by atoms with Crippen LogP contribution in [0.3, 0.4) is 0 Å². The summed E-state index contributed by atoms with van der Waals surface area (Å²) in [5.41, 5.74) is 5.70. The van der Waals surface area contributed by atoms with Crippen molar-refractivity contribution in [3.63, 3.8) is 0 Å². The van der Waals surface area contributed by atoms with Crippen molar-refractivity contribution < 1.29 is 0 Å². The molecule has 1 aliphatic heterocycles. The van der Waals surface area contributed by atoms with Gasteiger partial charge in [-0.2, -0.15) is 0 Å². The van der Waals surface area contributed by atoms with Gasteiger partial charge >= 0.3 is 0 Å². The minimum absolute atomic E-state index is 0.429. The monoisotopic (exact) mass is 152 g/mol. The molecule has 0 amide bonds. The molecule has 2 unspecified atom stereocenters. The third kappa shape index (κ3) is 1.65. The van der Waals surface area contributed by atoms with Gasteiger partial charge in [-0.1, -0.05) is 5.73 Å². The Bertz CT molecular complexity index is 212. The molecule has 0 fully saturated rings. The summed E-state index contributed by atoms with van der Waals surface area (Å²) in [6.45, 7) is 6.34. The molecule has 0 bridgehead atoms. The fourth-order valence-corrected chi connectivity index (χ4v) is 1.68. The molecular weight excluding hydrogens is 136 g/mol. The summed E-state index contributed by atoms with van der Waals surface area (Å²) >= 11 is 0. The van der Waals surface area contributed by atoms with E-state index in [9.17, 15) is 0 Å². The topological polar surface area (TPSA) is 24.1 Å². The minimum Gasteiger partial charge on any atom is -0.378 e. The van der Waals surface area contributed by atoms with E-state index in [1.54, 1.807) is 0 Å². The largest absolute Gasteiger partial charge is 0.378 e. The van der Waals surface area contributed by atoms with E-state index in [-0.39, 0.29) is 0 Å². The van der Waals surface area contributed by atoms with Gasteiger partial charge in [-0.25, -0.2) is 0 Å². The van der Waals surface area contributed by atoms with Crippen LogP contribution in [-0.2, 0) is 0 Å². The van der Waals surface area contributed by atoms with Crippen molar-refractivity contribution in [1.82, 2.24) is 10.6 Å². The van der Waals surface area contributed by atoms with Gasteiger partial charge in [0, 0.05) is 6.04 Å². The van der Waals surface area contributed by atoms with Gasteiger partial charge in [0.25, 0.3) is 0 Å². The zero-order valence-corrected chi connectivity index (χ0v) is 7.65.